The number of esters is 2. The van der Waals surface area contributed by atoms with Crippen molar-refractivity contribution in [2.24, 2.45) is 5.73 Å². The first-order valence-electron chi connectivity index (χ1n) is 5.80. The van der Waals surface area contributed by atoms with Gasteiger partial charge < -0.3 is 9.47 Å². The van der Waals surface area contributed by atoms with Crippen molar-refractivity contribution in [3.63, 3.8) is 0 Å². The molecule has 1 atom stereocenters. The third-order valence-corrected chi connectivity index (χ3v) is 2.65. The molecule has 0 amide bonds. The summed E-state index contributed by atoms with van der Waals surface area (Å²) >= 11 is 0. The second kappa shape index (κ2) is 6.48. The first-order chi connectivity index (χ1) is 7.63. The van der Waals surface area contributed by atoms with Crippen molar-refractivity contribution >= 4 is 11.9 Å². The van der Waals surface area contributed by atoms with Gasteiger partial charge in [-0.3, -0.25) is 5.73 Å². The molecule has 1 saturated carbocycles. The number of hydrogen-bond acceptors (Lipinski definition) is 5. The zero-order chi connectivity index (χ0) is 12.0. The van der Waals surface area contributed by atoms with E-state index in [1.54, 1.807) is 6.92 Å². The molecule has 0 aromatic rings. The van der Waals surface area contributed by atoms with Gasteiger partial charge in [0.25, 0.3) is 0 Å². The maximum atomic E-state index is 11.3. The monoisotopic (exact) mass is 229 g/mol. The Kier molecular flexibility index (Phi) is 5.25. The molecule has 0 spiro atoms. The molecule has 5 nitrogen and oxygen atoms in total. The minimum Gasteiger partial charge on any atom is -0.454 e. The van der Waals surface area contributed by atoms with Gasteiger partial charge in [-0.25, -0.2) is 9.59 Å². The number of rotatable bonds is 3. The van der Waals surface area contributed by atoms with Crippen molar-refractivity contribution < 1.29 is 19.1 Å². The zero-order valence-corrected chi connectivity index (χ0v) is 9.61. The molecule has 0 aromatic carbocycles. The third-order valence-electron chi connectivity index (χ3n) is 2.65. The molecule has 1 rings (SSSR count). The molecule has 0 radical (unpaired) electrons. The Hall–Kier alpha value is -1.10. The summed E-state index contributed by atoms with van der Waals surface area (Å²) in [6, 6.07) is 0. The molecule has 1 fully saturated rings. The van der Waals surface area contributed by atoms with E-state index in [4.69, 9.17) is 10.5 Å². The summed E-state index contributed by atoms with van der Waals surface area (Å²) in [6.07, 6.45) is 4.53. The number of ether oxygens (including phenoxy) is 2. The van der Waals surface area contributed by atoms with Crippen LogP contribution < -0.4 is 5.73 Å². The third kappa shape index (κ3) is 4.18. The van der Waals surface area contributed by atoms with Crippen molar-refractivity contribution in [2.75, 3.05) is 0 Å². The minimum absolute atomic E-state index is 0.133. The molecule has 0 saturated heterocycles. The largest absolute Gasteiger partial charge is 0.454 e. The molecular weight excluding hydrogens is 210 g/mol. The van der Waals surface area contributed by atoms with Crippen molar-refractivity contribution in [3.05, 3.63) is 0 Å². The lowest BCUT2D eigenvalue weighted by Crippen LogP contribution is -2.33. The topological polar surface area (TPSA) is 78.6 Å². The van der Waals surface area contributed by atoms with Crippen LogP contribution in [0.25, 0.3) is 0 Å². The van der Waals surface area contributed by atoms with Crippen LogP contribution in [0.5, 0.6) is 0 Å². The van der Waals surface area contributed by atoms with Gasteiger partial charge in [0.05, 0.1) is 0 Å². The molecule has 0 heterocycles. The summed E-state index contributed by atoms with van der Waals surface area (Å²) < 4.78 is 9.70. The maximum absolute atomic E-state index is 11.3. The van der Waals surface area contributed by atoms with Crippen molar-refractivity contribution in [1.82, 2.24) is 0 Å². The van der Waals surface area contributed by atoms with Gasteiger partial charge in [0.15, 0.2) is 6.23 Å². The molecule has 16 heavy (non-hydrogen) atoms. The Bertz CT molecular complexity index is 248. The highest BCUT2D eigenvalue weighted by atomic mass is 16.6. The minimum atomic E-state index is -0.986. The summed E-state index contributed by atoms with van der Waals surface area (Å²) in [6.45, 7) is 1.77. The fourth-order valence-corrected chi connectivity index (χ4v) is 1.65. The van der Waals surface area contributed by atoms with Gasteiger partial charge in [-0.05, 0) is 32.1 Å². The Balaban J connectivity index is 2.30. The zero-order valence-electron chi connectivity index (χ0n) is 9.61. The molecule has 1 unspecified atom stereocenters. The Morgan fingerprint density at radius 3 is 2.44 bits per heavy atom. The summed E-state index contributed by atoms with van der Waals surface area (Å²) in [4.78, 5) is 22.5. The van der Waals surface area contributed by atoms with Crippen LogP contribution >= 0.6 is 0 Å². The van der Waals surface area contributed by atoms with Crippen LogP contribution in [0.4, 0.5) is 0 Å². The highest BCUT2D eigenvalue weighted by Crippen LogP contribution is 2.20. The Morgan fingerprint density at radius 2 is 1.88 bits per heavy atom. The average molecular weight is 229 g/mol. The van der Waals surface area contributed by atoms with Crippen LogP contribution in [-0.2, 0) is 19.1 Å². The smallest absolute Gasteiger partial charge is 0.419 e. The number of hydrogen-bond donors (Lipinski definition) is 1. The molecular formula is C11H19NO4. The van der Waals surface area contributed by atoms with E-state index in [1.165, 1.54) is 6.42 Å². The van der Waals surface area contributed by atoms with Crippen molar-refractivity contribution in [2.45, 2.75) is 57.8 Å². The molecule has 92 valence electrons. The molecule has 1 aliphatic carbocycles. The fourth-order valence-electron chi connectivity index (χ4n) is 1.65. The van der Waals surface area contributed by atoms with Crippen LogP contribution in [0.1, 0.15) is 45.4 Å². The van der Waals surface area contributed by atoms with E-state index in [-0.39, 0.29) is 6.10 Å². The van der Waals surface area contributed by atoms with E-state index >= 15 is 0 Å². The second-order valence-corrected chi connectivity index (χ2v) is 4.02. The van der Waals surface area contributed by atoms with E-state index in [0.717, 1.165) is 25.7 Å². The Labute approximate surface area is 95.3 Å². The predicted molar refractivity (Wildman–Crippen MR) is 57.3 cm³/mol. The lowest BCUT2D eigenvalue weighted by molar-refractivity contribution is -0.174. The SMILES string of the molecule is CCC(N)OC(=O)C(=O)OC1CCCCC1. The van der Waals surface area contributed by atoms with E-state index < -0.39 is 18.2 Å². The fraction of sp³-hybridized carbons (Fsp3) is 0.818. The molecule has 2 N–H and O–H groups in total. The quantitative estimate of drug-likeness (QED) is 0.445. The molecule has 0 bridgehead atoms. The second-order valence-electron chi connectivity index (χ2n) is 4.02. The highest BCUT2D eigenvalue weighted by Gasteiger charge is 2.24. The van der Waals surface area contributed by atoms with Gasteiger partial charge in [0.1, 0.15) is 6.10 Å². The van der Waals surface area contributed by atoms with E-state index in [0.29, 0.717) is 6.42 Å². The first kappa shape index (κ1) is 13.0. The van der Waals surface area contributed by atoms with E-state index in [1.807, 2.05) is 0 Å². The van der Waals surface area contributed by atoms with Gasteiger partial charge >= 0.3 is 11.9 Å². The molecule has 0 aromatic heterocycles. The van der Waals surface area contributed by atoms with Crippen molar-refractivity contribution in [1.29, 1.82) is 0 Å². The molecule has 5 heteroatoms. The van der Waals surface area contributed by atoms with E-state index in [2.05, 4.69) is 4.74 Å². The lowest BCUT2D eigenvalue weighted by Gasteiger charge is -2.21. The number of carbonyl (C=O) groups excluding carboxylic acids is 2. The van der Waals surface area contributed by atoms with Gasteiger partial charge in [-0.2, -0.15) is 0 Å². The maximum Gasteiger partial charge on any atom is 0.419 e. The van der Waals surface area contributed by atoms with E-state index in [9.17, 15) is 9.59 Å². The Morgan fingerprint density at radius 1 is 1.25 bits per heavy atom. The summed E-state index contributed by atoms with van der Waals surface area (Å²) in [5.41, 5.74) is 5.39. The van der Waals surface area contributed by atoms with Crippen LogP contribution in [0.2, 0.25) is 0 Å². The van der Waals surface area contributed by atoms with Gasteiger partial charge in [-0.15, -0.1) is 0 Å². The number of nitrogens with two attached hydrogens (primary N) is 1. The lowest BCUT2D eigenvalue weighted by atomic mass is 9.98. The predicted octanol–water partition coefficient (Wildman–Crippen LogP) is 1.10. The normalized spacial score (nSPS) is 18.9. The van der Waals surface area contributed by atoms with Crippen molar-refractivity contribution in [3.8, 4) is 0 Å². The van der Waals surface area contributed by atoms with Crippen LogP contribution in [0.3, 0.4) is 0 Å². The van der Waals surface area contributed by atoms with Crippen LogP contribution in [-0.4, -0.2) is 24.3 Å². The van der Waals surface area contributed by atoms with Crippen LogP contribution in [0.15, 0.2) is 0 Å². The van der Waals surface area contributed by atoms with Gasteiger partial charge in [-0.1, -0.05) is 13.3 Å². The standard InChI is InChI=1S/C11H19NO4/c1-2-9(12)16-11(14)10(13)15-8-6-4-3-5-7-8/h8-9H,2-7,12H2,1H3. The molecule has 0 aliphatic heterocycles. The molecule has 1 aliphatic rings. The summed E-state index contributed by atoms with van der Waals surface area (Å²) in [7, 11) is 0. The number of carbonyl (C=O) groups is 2. The highest BCUT2D eigenvalue weighted by molar-refractivity contribution is 6.29. The average Bonchev–Trinajstić information content (AvgIpc) is 2.30. The van der Waals surface area contributed by atoms with Crippen LogP contribution in [0, 0.1) is 0 Å². The van der Waals surface area contributed by atoms with Gasteiger partial charge in [0, 0.05) is 0 Å². The summed E-state index contributed by atoms with van der Waals surface area (Å²) in [5, 5.41) is 0. The first-order valence-corrected chi connectivity index (χ1v) is 5.80. The summed E-state index contributed by atoms with van der Waals surface area (Å²) in [5.74, 6) is -1.91. The van der Waals surface area contributed by atoms with Gasteiger partial charge in [0.2, 0.25) is 0 Å².